The van der Waals surface area contributed by atoms with Crippen LogP contribution in [-0.4, -0.2) is 46.1 Å². The number of β-lactam (4-membered cyclic amide) rings is 1. The number of aliphatic hydroxyl groups is 1. The summed E-state index contributed by atoms with van der Waals surface area (Å²) in [5.41, 5.74) is 1.10. The number of rotatable bonds is 3. The molecule has 0 radical (unpaired) electrons. The Morgan fingerprint density at radius 2 is 1.87 bits per heavy atom. The summed E-state index contributed by atoms with van der Waals surface area (Å²) in [5.74, 6) is -5.63. The molecular formula is C20H16F4N4O2. The molecule has 1 amide bonds. The van der Waals surface area contributed by atoms with Gasteiger partial charge in [0.15, 0.2) is 6.10 Å². The summed E-state index contributed by atoms with van der Waals surface area (Å²) in [6.45, 7) is -0.642. The average Bonchev–Trinajstić information content (AvgIpc) is 3.31. The number of nitrogens with zero attached hydrogens (tertiary/aromatic N) is 3. The first-order valence-electron chi connectivity index (χ1n) is 9.31. The van der Waals surface area contributed by atoms with E-state index in [2.05, 4.69) is 9.97 Å². The Hall–Kier alpha value is -3.14. The topological polar surface area (TPSA) is 72.5 Å². The van der Waals surface area contributed by atoms with E-state index in [1.54, 1.807) is 18.2 Å². The Morgan fingerprint density at radius 3 is 2.53 bits per heavy atom. The molecule has 2 fully saturated rings. The van der Waals surface area contributed by atoms with Crippen LogP contribution >= 0.6 is 0 Å². The summed E-state index contributed by atoms with van der Waals surface area (Å²) in [5, 5.41) is 10.2. The van der Waals surface area contributed by atoms with Gasteiger partial charge in [0.25, 0.3) is 11.8 Å². The highest BCUT2D eigenvalue weighted by atomic mass is 19.3. The Bertz CT molecular complexity index is 1140. The molecule has 30 heavy (non-hydrogen) atoms. The van der Waals surface area contributed by atoms with Gasteiger partial charge in [-0.1, -0.05) is 0 Å². The number of H-pyrrole nitrogens is 1. The second kappa shape index (κ2) is 6.43. The summed E-state index contributed by atoms with van der Waals surface area (Å²) in [6.07, 6.45) is -0.540. The molecule has 3 aromatic rings. The van der Waals surface area contributed by atoms with Crippen molar-refractivity contribution in [2.75, 3.05) is 22.9 Å². The van der Waals surface area contributed by atoms with Crippen molar-refractivity contribution in [3.63, 3.8) is 0 Å². The molecule has 3 heterocycles. The number of carbonyl (C=O) groups is 1. The fourth-order valence-electron chi connectivity index (χ4n) is 4.11. The minimum atomic E-state index is -2.91. The van der Waals surface area contributed by atoms with E-state index in [4.69, 9.17) is 0 Å². The predicted molar refractivity (Wildman–Crippen MR) is 100 cm³/mol. The molecule has 2 atom stereocenters. The van der Waals surface area contributed by atoms with Crippen LogP contribution in [0.3, 0.4) is 0 Å². The number of imidazole rings is 1. The van der Waals surface area contributed by atoms with Crippen LogP contribution in [-0.2, 0) is 4.79 Å². The van der Waals surface area contributed by atoms with Gasteiger partial charge in [-0.2, -0.15) is 0 Å². The van der Waals surface area contributed by atoms with E-state index >= 15 is 0 Å². The lowest BCUT2D eigenvalue weighted by Crippen LogP contribution is -2.59. The van der Waals surface area contributed by atoms with E-state index in [1.807, 2.05) is 0 Å². The predicted octanol–water partition coefficient (Wildman–Crippen LogP) is 3.14. The first-order valence-corrected chi connectivity index (χ1v) is 9.31. The molecule has 0 aliphatic carbocycles. The van der Waals surface area contributed by atoms with Crippen LogP contribution in [0.5, 0.6) is 0 Å². The third kappa shape index (κ3) is 2.82. The molecule has 2 aliphatic rings. The zero-order chi connectivity index (χ0) is 21.2. The molecule has 5 rings (SSSR count). The number of carbonyl (C=O) groups excluding carboxylic acids is 1. The SMILES string of the molecule is O=C1[C@H](O)[C@H](c2c(F)cc(N3CCC(F)(F)C3)cc2F)N1c1ccc2[nH]cnc2c1. The Morgan fingerprint density at radius 1 is 1.13 bits per heavy atom. The van der Waals surface area contributed by atoms with E-state index < -0.39 is 54.1 Å². The lowest BCUT2D eigenvalue weighted by Gasteiger charge is -2.44. The fourth-order valence-corrected chi connectivity index (χ4v) is 4.11. The zero-order valence-electron chi connectivity index (χ0n) is 15.4. The third-order valence-electron chi connectivity index (χ3n) is 5.65. The van der Waals surface area contributed by atoms with E-state index in [-0.39, 0.29) is 12.2 Å². The van der Waals surface area contributed by atoms with Gasteiger partial charge in [0.2, 0.25) is 0 Å². The second-order valence-electron chi connectivity index (χ2n) is 7.55. The van der Waals surface area contributed by atoms with Crippen LogP contribution in [0.15, 0.2) is 36.7 Å². The van der Waals surface area contributed by atoms with Crippen molar-refractivity contribution in [3.8, 4) is 0 Å². The number of hydrogen-bond acceptors (Lipinski definition) is 4. The van der Waals surface area contributed by atoms with Crippen molar-refractivity contribution >= 4 is 28.3 Å². The highest BCUT2D eigenvalue weighted by Gasteiger charge is 2.50. The minimum absolute atomic E-state index is 0.00411. The molecule has 0 bridgehead atoms. The number of amides is 1. The van der Waals surface area contributed by atoms with Crippen molar-refractivity contribution in [1.29, 1.82) is 0 Å². The highest BCUT2D eigenvalue weighted by Crippen LogP contribution is 2.43. The number of aromatic nitrogens is 2. The molecule has 156 valence electrons. The van der Waals surface area contributed by atoms with Gasteiger partial charge >= 0.3 is 0 Å². The van der Waals surface area contributed by atoms with E-state index in [0.29, 0.717) is 16.7 Å². The summed E-state index contributed by atoms with van der Waals surface area (Å²) in [7, 11) is 0. The van der Waals surface area contributed by atoms with Gasteiger partial charge in [-0.25, -0.2) is 22.5 Å². The molecule has 0 unspecified atom stereocenters. The molecule has 0 spiro atoms. The normalized spacial score (nSPS) is 23.3. The zero-order valence-corrected chi connectivity index (χ0v) is 15.4. The number of alkyl halides is 2. The Balaban J connectivity index is 1.51. The Labute approximate surface area is 167 Å². The van der Waals surface area contributed by atoms with Crippen molar-refractivity contribution in [2.45, 2.75) is 24.5 Å². The summed E-state index contributed by atoms with van der Waals surface area (Å²) in [4.78, 5) is 21.6. The Kier molecular flexibility index (Phi) is 4.04. The average molecular weight is 420 g/mol. The first-order chi connectivity index (χ1) is 14.2. The molecule has 10 heteroatoms. The number of hydrogen-bond donors (Lipinski definition) is 2. The maximum atomic E-state index is 14.9. The number of nitrogens with one attached hydrogen (secondary N) is 1. The number of aromatic amines is 1. The minimum Gasteiger partial charge on any atom is -0.381 e. The van der Waals surface area contributed by atoms with Crippen LogP contribution in [0.2, 0.25) is 0 Å². The lowest BCUT2D eigenvalue weighted by atomic mass is 9.89. The van der Waals surface area contributed by atoms with Crippen molar-refractivity contribution in [3.05, 3.63) is 53.9 Å². The quantitative estimate of drug-likeness (QED) is 0.505. The van der Waals surface area contributed by atoms with Gasteiger partial charge in [-0.3, -0.25) is 9.69 Å². The monoisotopic (exact) mass is 420 g/mol. The van der Waals surface area contributed by atoms with Crippen LogP contribution in [0.1, 0.15) is 18.0 Å². The van der Waals surface area contributed by atoms with Crippen molar-refractivity contribution in [1.82, 2.24) is 9.97 Å². The summed E-state index contributed by atoms with van der Waals surface area (Å²) >= 11 is 0. The van der Waals surface area contributed by atoms with Crippen LogP contribution in [0.4, 0.5) is 28.9 Å². The molecule has 2 saturated heterocycles. The van der Waals surface area contributed by atoms with Crippen LogP contribution in [0.25, 0.3) is 11.0 Å². The lowest BCUT2D eigenvalue weighted by molar-refractivity contribution is -0.137. The number of benzene rings is 2. The highest BCUT2D eigenvalue weighted by molar-refractivity contribution is 6.05. The summed E-state index contributed by atoms with van der Waals surface area (Å²) < 4.78 is 56.7. The van der Waals surface area contributed by atoms with E-state index in [1.165, 1.54) is 11.2 Å². The van der Waals surface area contributed by atoms with Crippen molar-refractivity contribution in [2.24, 2.45) is 0 Å². The fraction of sp³-hybridized carbons (Fsp3) is 0.300. The van der Waals surface area contributed by atoms with E-state index in [9.17, 15) is 27.5 Å². The maximum Gasteiger partial charge on any atom is 0.266 e. The van der Waals surface area contributed by atoms with Gasteiger partial charge in [-0.05, 0) is 30.3 Å². The van der Waals surface area contributed by atoms with Gasteiger partial charge in [0.1, 0.15) is 17.7 Å². The van der Waals surface area contributed by atoms with Crippen LogP contribution < -0.4 is 9.80 Å². The molecule has 1 aromatic heterocycles. The molecule has 0 saturated carbocycles. The number of fused-ring (bicyclic) bond motifs is 1. The molecule has 2 aromatic carbocycles. The molecular weight excluding hydrogens is 404 g/mol. The van der Waals surface area contributed by atoms with Gasteiger partial charge in [0, 0.05) is 29.9 Å². The largest absolute Gasteiger partial charge is 0.381 e. The number of aliphatic hydroxyl groups excluding tert-OH is 1. The molecule has 6 nitrogen and oxygen atoms in total. The molecule has 2 N–H and O–H groups in total. The van der Waals surface area contributed by atoms with Crippen molar-refractivity contribution < 1.29 is 27.5 Å². The third-order valence-corrected chi connectivity index (χ3v) is 5.65. The maximum absolute atomic E-state index is 14.9. The van der Waals surface area contributed by atoms with Gasteiger partial charge in [0.05, 0.1) is 23.9 Å². The first kappa shape index (κ1) is 18.9. The summed E-state index contributed by atoms with van der Waals surface area (Å²) in [6, 6.07) is 5.46. The number of anilines is 2. The van der Waals surface area contributed by atoms with Gasteiger partial charge in [-0.15, -0.1) is 0 Å². The van der Waals surface area contributed by atoms with Gasteiger partial charge < -0.3 is 15.0 Å². The second-order valence-corrected chi connectivity index (χ2v) is 7.55. The molecule has 2 aliphatic heterocycles. The van der Waals surface area contributed by atoms with Crippen LogP contribution in [0, 0.1) is 11.6 Å². The van der Waals surface area contributed by atoms with E-state index in [0.717, 1.165) is 17.0 Å². The standard InChI is InChI=1S/C20H16F4N4O2/c21-12-5-11(27-4-3-20(23,24)8-27)6-13(22)16(12)17-18(29)19(30)28(17)10-1-2-14-15(7-10)26-9-25-14/h1-2,5-7,9,17-18,29H,3-4,8H2,(H,25,26)/t17-,18+/m0/s1. The smallest absolute Gasteiger partial charge is 0.266 e. The number of halogens is 4.